The maximum atomic E-state index is 12.4. The van der Waals surface area contributed by atoms with E-state index in [9.17, 15) is 14.0 Å². The third-order valence-corrected chi connectivity index (χ3v) is 0.845. The van der Waals surface area contributed by atoms with Gasteiger partial charge in [-0.2, -0.15) is 0 Å². The quantitative estimate of drug-likeness (QED) is 0.612. The van der Waals surface area contributed by atoms with Crippen LogP contribution < -0.4 is 0 Å². The maximum absolute atomic E-state index is 12.4. The maximum Gasteiger partial charge on any atom is 0.328 e. The van der Waals surface area contributed by atoms with Gasteiger partial charge in [-0.1, -0.05) is 0 Å². The minimum absolute atomic E-state index is 0.608. The highest BCUT2D eigenvalue weighted by Gasteiger charge is 1.97. The van der Waals surface area contributed by atoms with Crippen LogP contribution in [0.1, 0.15) is 0 Å². The molecule has 0 aliphatic carbocycles. The van der Waals surface area contributed by atoms with Crippen molar-refractivity contribution in [3.63, 3.8) is 0 Å². The number of hydrogen-bond donors (Lipinski definition) is 2. The second-order valence-corrected chi connectivity index (χ2v) is 1.84. The molecule has 0 aromatic carbocycles. The molecule has 0 unspecified atom stereocenters. The molecule has 0 saturated carbocycles. The van der Waals surface area contributed by atoms with Gasteiger partial charge in [-0.05, 0) is 12.2 Å². The molecule has 4 nitrogen and oxygen atoms in total. The van der Waals surface area contributed by atoms with Gasteiger partial charge in [0.25, 0.3) is 0 Å². The lowest BCUT2D eigenvalue weighted by Crippen LogP contribution is -1.95. The van der Waals surface area contributed by atoms with E-state index in [-0.39, 0.29) is 0 Å². The Morgan fingerprint density at radius 3 is 1.67 bits per heavy atom. The summed E-state index contributed by atoms with van der Waals surface area (Å²) < 4.78 is 12.4. The van der Waals surface area contributed by atoms with Gasteiger partial charge < -0.3 is 10.2 Å². The van der Waals surface area contributed by atoms with E-state index < -0.39 is 18.1 Å². The van der Waals surface area contributed by atoms with Gasteiger partial charge in [0.15, 0.2) is 0 Å². The Bertz CT molecular complexity index is 208. The smallest absolute Gasteiger partial charge is 0.328 e. The number of alkyl halides is 1. The second kappa shape index (κ2) is 5.06. The first-order chi connectivity index (χ1) is 5.52. The summed E-state index contributed by atoms with van der Waals surface area (Å²) in [6.07, 6.45) is 1.01. The van der Waals surface area contributed by atoms with Crippen LogP contribution in [-0.2, 0) is 9.59 Å². The third-order valence-electron chi connectivity index (χ3n) is 0.845. The molecule has 0 spiro atoms. The SMILES string of the molecule is O=C(O)C=CC(F)C=CC(=O)O. The molecule has 0 rings (SSSR count). The second-order valence-electron chi connectivity index (χ2n) is 1.84. The average Bonchev–Trinajstić information content (AvgIpc) is 1.96. The van der Waals surface area contributed by atoms with Gasteiger partial charge in [0.05, 0.1) is 0 Å². The van der Waals surface area contributed by atoms with E-state index in [2.05, 4.69) is 0 Å². The minimum Gasteiger partial charge on any atom is -0.478 e. The van der Waals surface area contributed by atoms with Crippen molar-refractivity contribution in [1.82, 2.24) is 0 Å². The monoisotopic (exact) mass is 174 g/mol. The summed E-state index contributed by atoms with van der Waals surface area (Å²) in [5.41, 5.74) is 0. The molecule has 0 aromatic rings. The number of carbonyl (C=O) groups is 2. The van der Waals surface area contributed by atoms with Crippen LogP contribution in [-0.4, -0.2) is 28.3 Å². The fourth-order valence-corrected chi connectivity index (χ4v) is 0.413. The van der Waals surface area contributed by atoms with Crippen LogP contribution in [0.4, 0.5) is 4.39 Å². The molecule has 0 aliphatic rings. The molecule has 66 valence electrons. The van der Waals surface area contributed by atoms with Crippen LogP contribution >= 0.6 is 0 Å². The minimum atomic E-state index is -1.68. The van der Waals surface area contributed by atoms with Crippen LogP contribution in [0.3, 0.4) is 0 Å². The summed E-state index contributed by atoms with van der Waals surface area (Å²) in [5.74, 6) is -2.55. The summed E-state index contributed by atoms with van der Waals surface area (Å²) >= 11 is 0. The van der Waals surface area contributed by atoms with Crippen molar-refractivity contribution in [3.8, 4) is 0 Å². The standard InChI is InChI=1S/C7H7FO4/c8-5(1-3-6(9)10)2-4-7(11)12/h1-5H,(H,9,10)(H,11,12). The number of hydrogen-bond acceptors (Lipinski definition) is 2. The first-order valence-electron chi connectivity index (χ1n) is 2.98. The fourth-order valence-electron chi connectivity index (χ4n) is 0.413. The largest absolute Gasteiger partial charge is 0.478 e. The Labute approximate surface area is 67.6 Å². The van der Waals surface area contributed by atoms with E-state index in [1.165, 1.54) is 0 Å². The van der Waals surface area contributed by atoms with Crippen molar-refractivity contribution >= 4 is 11.9 Å². The predicted molar refractivity (Wildman–Crippen MR) is 38.4 cm³/mol. The van der Waals surface area contributed by atoms with Gasteiger partial charge in [-0.25, -0.2) is 14.0 Å². The number of aliphatic carboxylic acids is 2. The van der Waals surface area contributed by atoms with Crippen molar-refractivity contribution in [2.45, 2.75) is 6.17 Å². The summed E-state index contributed by atoms with van der Waals surface area (Å²) in [5, 5.41) is 16.1. The van der Waals surface area contributed by atoms with Crippen LogP contribution in [0.5, 0.6) is 0 Å². The molecule has 12 heavy (non-hydrogen) atoms. The van der Waals surface area contributed by atoms with Gasteiger partial charge in [0.1, 0.15) is 6.17 Å². The van der Waals surface area contributed by atoms with Gasteiger partial charge in [0.2, 0.25) is 0 Å². The lowest BCUT2D eigenvalue weighted by Gasteiger charge is -1.89. The molecule has 5 heteroatoms. The van der Waals surface area contributed by atoms with Crippen molar-refractivity contribution in [2.24, 2.45) is 0 Å². The first-order valence-corrected chi connectivity index (χ1v) is 2.98. The number of allylic oxidation sites excluding steroid dienone is 2. The molecule has 0 amide bonds. The van der Waals surface area contributed by atoms with Crippen LogP contribution in [0.2, 0.25) is 0 Å². The molecule has 0 saturated heterocycles. The van der Waals surface area contributed by atoms with E-state index >= 15 is 0 Å². The van der Waals surface area contributed by atoms with Crippen molar-refractivity contribution in [2.75, 3.05) is 0 Å². The van der Waals surface area contributed by atoms with E-state index in [4.69, 9.17) is 10.2 Å². The first kappa shape index (κ1) is 10.3. The highest BCUT2D eigenvalue weighted by Crippen LogP contribution is 1.95. The van der Waals surface area contributed by atoms with Gasteiger partial charge in [0, 0.05) is 12.2 Å². The fraction of sp³-hybridized carbons (Fsp3) is 0.143. The Kier molecular flexibility index (Phi) is 4.36. The zero-order chi connectivity index (χ0) is 9.56. The summed E-state index contributed by atoms with van der Waals surface area (Å²) in [4.78, 5) is 19.7. The lowest BCUT2D eigenvalue weighted by molar-refractivity contribution is -0.132. The topological polar surface area (TPSA) is 74.6 Å². The molecule has 0 heterocycles. The number of rotatable bonds is 4. The normalized spacial score (nSPS) is 13.8. The third kappa shape index (κ3) is 6.47. The summed E-state index contributed by atoms with van der Waals surface area (Å²) in [7, 11) is 0. The van der Waals surface area contributed by atoms with Crippen LogP contribution in [0, 0.1) is 0 Å². The zero-order valence-corrected chi connectivity index (χ0v) is 5.98. The lowest BCUT2D eigenvalue weighted by atomic mass is 10.3. The summed E-state index contributed by atoms with van der Waals surface area (Å²) in [6, 6.07) is 0. The zero-order valence-electron chi connectivity index (χ0n) is 5.98. The molecule has 0 fully saturated rings. The molecular formula is C7H7FO4. The Morgan fingerprint density at radius 2 is 1.42 bits per heavy atom. The molecule has 0 radical (unpaired) electrons. The van der Waals surface area contributed by atoms with Crippen molar-refractivity contribution in [1.29, 1.82) is 0 Å². The van der Waals surface area contributed by atoms with E-state index in [0.29, 0.717) is 12.2 Å². The Balaban J connectivity index is 3.97. The molecule has 0 aliphatic heterocycles. The predicted octanol–water partition coefficient (Wildman–Crippen LogP) is 0.606. The van der Waals surface area contributed by atoms with Crippen LogP contribution in [0.15, 0.2) is 24.3 Å². The number of carboxylic acids is 2. The van der Waals surface area contributed by atoms with E-state index in [0.717, 1.165) is 12.2 Å². The van der Waals surface area contributed by atoms with Crippen molar-refractivity contribution < 1.29 is 24.2 Å². The molecule has 0 bridgehead atoms. The van der Waals surface area contributed by atoms with E-state index in [1.54, 1.807) is 0 Å². The van der Waals surface area contributed by atoms with E-state index in [1.807, 2.05) is 0 Å². The average molecular weight is 174 g/mol. The molecule has 2 N–H and O–H groups in total. The number of halogens is 1. The Morgan fingerprint density at radius 1 is 1.08 bits per heavy atom. The highest BCUT2D eigenvalue weighted by molar-refractivity contribution is 5.81. The molecule has 0 atom stereocenters. The Hall–Kier alpha value is -1.65. The van der Waals surface area contributed by atoms with Gasteiger partial charge in [-0.15, -0.1) is 0 Å². The highest BCUT2D eigenvalue weighted by atomic mass is 19.1. The molecule has 0 aromatic heterocycles. The summed E-state index contributed by atoms with van der Waals surface area (Å²) in [6.45, 7) is 0. The van der Waals surface area contributed by atoms with Gasteiger partial charge >= 0.3 is 11.9 Å². The molecular weight excluding hydrogens is 167 g/mol. The number of carboxylic acid groups (broad SMARTS) is 2. The van der Waals surface area contributed by atoms with Crippen molar-refractivity contribution in [3.05, 3.63) is 24.3 Å². The van der Waals surface area contributed by atoms with Crippen LogP contribution in [0.25, 0.3) is 0 Å². The van der Waals surface area contributed by atoms with Gasteiger partial charge in [-0.3, -0.25) is 0 Å².